The Morgan fingerprint density at radius 2 is 1.52 bits per heavy atom. The molecule has 0 aliphatic heterocycles. The van der Waals surface area contributed by atoms with Crippen molar-refractivity contribution >= 4 is 28.9 Å². The fraction of sp³-hybridized carbons (Fsp3) is 0.136. The number of rotatable bonds is 8. The molecule has 0 saturated carbocycles. The molecule has 0 spiro atoms. The Morgan fingerprint density at radius 1 is 0.852 bits per heavy atom. The monoisotopic (exact) mass is 380 g/mol. The number of carbonyl (C=O) groups is 1. The molecule has 27 heavy (non-hydrogen) atoms. The number of amides is 1. The molecule has 138 valence electrons. The zero-order valence-electron chi connectivity index (χ0n) is 14.8. The fourth-order valence-electron chi connectivity index (χ4n) is 2.54. The topological polar surface area (TPSA) is 50.4 Å². The Morgan fingerprint density at radius 3 is 2.22 bits per heavy atom. The van der Waals surface area contributed by atoms with Gasteiger partial charge in [0.15, 0.2) is 6.61 Å². The third kappa shape index (κ3) is 6.35. The highest BCUT2D eigenvalue weighted by atomic mass is 35.5. The largest absolute Gasteiger partial charge is 0.484 e. The van der Waals surface area contributed by atoms with Crippen LogP contribution in [0.2, 0.25) is 5.02 Å². The summed E-state index contributed by atoms with van der Waals surface area (Å²) >= 11 is 5.89. The molecule has 0 bridgehead atoms. The van der Waals surface area contributed by atoms with Crippen LogP contribution in [0.1, 0.15) is 5.56 Å². The van der Waals surface area contributed by atoms with E-state index in [4.69, 9.17) is 16.3 Å². The van der Waals surface area contributed by atoms with E-state index in [0.717, 1.165) is 29.4 Å². The van der Waals surface area contributed by atoms with Crippen molar-refractivity contribution in [2.45, 2.75) is 6.42 Å². The van der Waals surface area contributed by atoms with Crippen molar-refractivity contribution in [3.05, 3.63) is 89.4 Å². The smallest absolute Gasteiger partial charge is 0.262 e. The summed E-state index contributed by atoms with van der Waals surface area (Å²) in [4.78, 5) is 12.0. The van der Waals surface area contributed by atoms with Crippen LogP contribution in [0.5, 0.6) is 5.75 Å². The van der Waals surface area contributed by atoms with Gasteiger partial charge in [0, 0.05) is 22.9 Å². The van der Waals surface area contributed by atoms with E-state index >= 15 is 0 Å². The van der Waals surface area contributed by atoms with Crippen molar-refractivity contribution in [2.24, 2.45) is 0 Å². The van der Waals surface area contributed by atoms with Gasteiger partial charge < -0.3 is 15.4 Å². The van der Waals surface area contributed by atoms with Crippen LogP contribution in [0, 0.1) is 0 Å². The summed E-state index contributed by atoms with van der Waals surface area (Å²) in [5.74, 6) is 0.482. The average molecular weight is 381 g/mol. The maximum atomic E-state index is 12.0. The van der Waals surface area contributed by atoms with Crippen LogP contribution < -0.4 is 15.4 Å². The van der Waals surface area contributed by atoms with E-state index in [-0.39, 0.29) is 12.5 Å². The minimum Gasteiger partial charge on any atom is -0.484 e. The average Bonchev–Trinajstić information content (AvgIpc) is 2.70. The molecule has 2 N–H and O–H groups in total. The van der Waals surface area contributed by atoms with Crippen LogP contribution in [0.25, 0.3) is 0 Å². The highest BCUT2D eigenvalue weighted by molar-refractivity contribution is 6.30. The van der Waals surface area contributed by atoms with Crippen molar-refractivity contribution < 1.29 is 9.53 Å². The molecule has 5 heteroatoms. The SMILES string of the molecule is O=C(COc1ccccc1)Nc1ccc(NCCc2ccc(Cl)cc2)cc1. The lowest BCUT2D eigenvalue weighted by Crippen LogP contribution is -2.20. The minimum absolute atomic E-state index is 0.0227. The maximum Gasteiger partial charge on any atom is 0.262 e. The Bertz CT molecular complexity index is 850. The van der Waals surface area contributed by atoms with Gasteiger partial charge in [0.25, 0.3) is 5.91 Å². The maximum absolute atomic E-state index is 12.0. The number of hydrogen-bond donors (Lipinski definition) is 2. The lowest BCUT2D eigenvalue weighted by atomic mass is 10.1. The Labute approximate surface area is 164 Å². The minimum atomic E-state index is -0.192. The molecule has 0 heterocycles. The summed E-state index contributed by atoms with van der Waals surface area (Å²) in [6, 6.07) is 24.7. The summed E-state index contributed by atoms with van der Waals surface area (Å²) in [6.07, 6.45) is 0.909. The first-order valence-electron chi connectivity index (χ1n) is 8.75. The lowest BCUT2D eigenvalue weighted by Gasteiger charge is -2.10. The number of halogens is 1. The van der Waals surface area contributed by atoms with Gasteiger partial charge in [-0.2, -0.15) is 0 Å². The molecule has 0 radical (unpaired) electrons. The summed E-state index contributed by atoms with van der Waals surface area (Å²) in [6.45, 7) is 0.795. The fourth-order valence-corrected chi connectivity index (χ4v) is 2.66. The highest BCUT2D eigenvalue weighted by Crippen LogP contribution is 2.15. The number of hydrogen-bond acceptors (Lipinski definition) is 3. The molecule has 0 saturated heterocycles. The highest BCUT2D eigenvalue weighted by Gasteiger charge is 2.04. The molecule has 3 rings (SSSR count). The molecule has 0 fully saturated rings. The normalized spacial score (nSPS) is 10.3. The van der Waals surface area contributed by atoms with Crippen molar-refractivity contribution in [3.63, 3.8) is 0 Å². The number of nitrogens with one attached hydrogen (secondary N) is 2. The van der Waals surface area contributed by atoms with E-state index in [1.807, 2.05) is 78.9 Å². The van der Waals surface area contributed by atoms with E-state index in [0.29, 0.717) is 5.75 Å². The van der Waals surface area contributed by atoms with Crippen LogP contribution in [0.3, 0.4) is 0 Å². The molecule has 0 aromatic heterocycles. The molecule has 0 aliphatic carbocycles. The number of benzene rings is 3. The van der Waals surface area contributed by atoms with Crippen molar-refractivity contribution in [3.8, 4) is 5.75 Å². The van der Waals surface area contributed by atoms with Gasteiger partial charge in [-0.3, -0.25) is 4.79 Å². The predicted molar refractivity (Wildman–Crippen MR) is 111 cm³/mol. The van der Waals surface area contributed by atoms with Gasteiger partial charge in [-0.15, -0.1) is 0 Å². The molecule has 3 aromatic rings. The van der Waals surface area contributed by atoms with Gasteiger partial charge in [0.05, 0.1) is 0 Å². The molecule has 4 nitrogen and oxygen atoms in total. The molecule has 0 unspecified atom stereocenters. The van der Waals surface area contributed by atoms with Gasteiger partial charge in [-0.05, 0) is 60.5 Å². The van der Waals surface area contributed by atoms with Crippen LogP contribution in [-0.4, -0.2) is 19.1 Å². The Balaban J connectivity index is 1.41. The summed E-state index contributed by atoms with van der Waals surface area (Å²) in [7, 11) is 0. The second-order valence-electron chi connectivity index (χ2n) is 6.03. The summed E-state index contributed by atoms with van der Waals surface area (Å²) < 4.78 is 5.43. The van der Waals surface area contributed by atoms with Gasteiger partial charge >= 0.3 is 0 Å². The van der Waals surface area contributed by atoms with E-state index in [1.165, 1.54) is 5.56 Å². The second kappa shape index (κ2) is 9.64. The van der Waals surface area contributed by atoms with Crippen LogP contribution in [0.4, 0.5) is 11.4 Å². The Kier molecular flexibility index (Phi) is 6.72. The first kappa shape index (κ1) is 18.8. The van der Waals surface area contributed by atoms with E-state index in [1.54, 1.807) is 0 Å². The zero-order valence-corrected chi connectivity index (χ0v) is 15.6. The first-order valence-corrected chi connectivity index (χ1v) is 9.13. The van der Waals surface area contributed by atoms with Crippen LogP contribution >= 0.6 is 11.6 Å². The van der Waals surface area contributed by atoms with Crippen LogP contribution in [-0.2, 0) is 11.2 Å². The molecule has 1 amide bonds. The molecule has 0 aliphatic rings. The van der Waals surface area contributed by atoms with Gasteiger partial charge in [0.2, 0.25) is 0 Å². The standard InChI is InChI=1S/C22H21ClN2O2/c23-18-8-6-17(7-9-18)14-15-24-19-10-12-20(13-11-19)25-22(26)16-27-21-4-2-1-3-5-21/h1-13,24H,14-16H2,(H,25,26). The summed E-state index contributed by atoms with van der Waals surface area (Å²) in [5.41, 5.74) is 2.97. The van der Waals surface area contributed by atoms with E-state index in [2.05, 4.69) is 10.6 Å². The number of para-hydroxylation sites is 1. The quantitative estimate of drug-likeness (QED) is 0.577. The summed E-state index contributed by atoms with van der Waals surface area (Å²) in [5, 5.41) is 6.94. The third-order valence-corrected chi connectivity index (χ3v) is 4.19. The third-order valence-electron chi connectivity index (χ3n) is 3.94. The number of carbonyl (C=O) groups excluding carboxylic acids is 1. The predicted octanol–water partition coefficient (Wildman–Crippen LogP) is 5.01. The second-order valence-corrected chi connectivity index (χ2v) is 6.47. The zero-order chi connectivity index (χ0) is 18.9. The van der Waals surface area contributed by atoms with Gasteiger partial charge in [-0.25, -0.2) is 0 Å². The van der Waals surface area contributed by atoms with Gasteiger partial charge in [-0.1, -0.05) is 41.9 Å². The molecular weight excluding hydrogens is 360 g/mol. The van der Waals surface area contributed by atoms with E-state index in [9.17, 15) is 4.79 Å². The van der Waals surface area contributed by atoms with Crippen LogP contribution in [0.15, 0.2) is 78.9 Å². The number of anilines is 2. The first-order chi connectivity index (χ1) is 13.2. The van der Waals surface area contributed by atoms with Crippen molar-refractivity contribution in [1.82, 2.24) is 0 Å². The molecular formula is C22H21ClN2O2. The lowest BCUT2D eigenvalue weighted by molar-refractivity contribution is -0.118. The van der Waals surface area contributed by atoms with Gasteiger partial charge in [0.1, 0.15) is 5.75 Å². The molecule has 0 atom stereocenters. The van der Waals surface area contributed by atoms with Crippen molar-refractivity contribution in [1.29, 1.82) is 0 Å². The Hall–Kier alpha value is -2.98. The van der Waals surface area contributed by atoms with Crippen molar-refractivity contribution in [2.75, 3.05) is 23.8 Å². The number of ether oxygens (including phenoxy) is 1. The van der Waals surface area contributed by atoms with E-state index < -0.39 is 0 Å². The molecule has 3 aromatic carbocycles.